The van der Waals surface area contributed by atoms with Crippen LogP contribution in [0, 0.1) is 6.92 Å². The Balaban J connectivity index is 2.02. The SMILES string of the molecule is C=CCNC(=O)[C@@H](C)Sc1nc2ccccc2c2nc(C)nn12. The summed E-state index contributed by atoms with van der Waals surface area (Å²) in [5.74, 6) is 0.614. The maximum atomic E-state index is 12.1. The van der Waals surface area contributed by atoms with Crippen molar-refractivity contribution < 1.29 is 4.79 Å². The predicted molar refractivity (Wildman–Crippen MR) is 91.6 cm³/mol. The number of thioether (sulfide) groups is 1. The summed E-state index contributed by atoms with van der Waals surface area (Å²) in [7, 11) is 0. The van der Waals surface area contributed by atoms with Crippen LogP contribution < -0.4 is 5.32 Å². The number of nitrogens with one attached hydrogen (secondary N) is 1. The monoisotopic (exact) mass is 327 g/mol. The number of para-hydroxylation sites is 1. The Morgan fingerprint density at radius 1 is 1.43 bits per heavy atom. The standard InChI is InChI=1S/C16H17N5OS/c1-4-9-17-15(22)10(2)23-16-19-13-8-6-5-7-12(13)14-18-11(3)20-21(14)16/h4-8,10H,1,9H2,2-3H3,(H,17,22)/t10-/m1/s1. The van der Waals surface area contributed by atoms with Crippen LogP contribution >= 0.6 is 11.8 Å². The Bertz CT molecular complexity index is 889. The highest BCUT2D eigenvalue weighted by Crippen LogP contribution is 2.26. The van der Waals surface area contributed by atoms with Gasteiger partial charge in [-0.3, -0.25) is 4.79 Å². The van der Waals surface area contributed by atoms with Gasteiger partial charge in [0.2, 0.25) is 5.91 Å². The number of hydrogen-bond donors (Lipinski definition) is 1. The van der Waals surface area contributed by atoms with E-state index in [-0.39, 0.29) is 11.2 Å². The first-order valence-corrected chi connectivity index (χ1v) is 8.15. The first-order chi connectivity index (χ1) is 11.1. The van der Waals surface area contributed by atoms with Crippen molar-refractivity contribution in [2.75, 3.05) is 6.54 Å². The van der Waals surface area contributed by atoms with E-state index in [4.69, 9.17) is 0 Å². The number of nitrogens with zero attached hydrogens (tertiary/aromatic N) is 4. The Labute approximate surface area is 138 Å². The molecule has 0 saturated heterocycles. The van der Waals surface area contributed by atoms with Gasteiger partial charge in [0.25, 0.3) is 0 Å². The molecule has 0 aliphatic heterocycles. The molecule has 0 aliphatic rings. The summed E-state index contributed by atoms with van der Waals surface area (Å²) in [5.41, 5.74) is 1.60. The van der Waals surface area contributed by atoms with Gasteiger partial charge in [0.05, 0.1) is 10.8 Å². The van der Waals surface area contributed by atoms with Crippen molar-refractivity contribution in [2.45, 2.75) is 24.3 Å². The molecule has 118 valence electrons. The van der Waals surface area contributed by atoms with Crippen molar-refractivity contribution in [3.63, 3.8) is 0 Å². The molecule has 0 saturated carbocycles. The summed E-state index contributed by atoms with van der Waals surface area (Å²) in [6.45, 7) is 7.74. The number of fused-ring (bicyclic) bond motifs is 3. The lowest BCUT2D eigenvalue weighted by molar-refractivity contribution is -0.120. The van der Waals surface area contributed by atoms with E-state index in [1.54, 1.807) is 10.6 Å². The molecule has 6 nitrogen and oxygen atoms in total. The fraction of sp³-hybridized carbons (Fsp3) is 0.250. The Kier molecular flexibility index (Phi) is 4.29. The van der Waals surface area contributed by atoms with Crippen molar-refractivity contribution in [3.8, 4) is 0 Å². The summed E-state index contributed by atoms with van der Waals surface area (Å²) in [6.07, 6.45) is 1.66. The van der Waals surface area contributed by atoms with Crippen LogP contribution in [0.15, 0.2) is 42.1 Å². The van der Waals surface area contributed by atoms with Gasteiger partial charge in [0.1, 0.15) is 5.82 Å². The van der Waals surface area contributed by atoms with E-state index in [0.29, 0.717) is 17.5 Å². The van der Waals surface area contributed by atoms with Crippen LogP contribution in [0.1, 0.15) is 12.7 Å². The third-order valence-electron chi connectivity index (χ3n) is 3.33. The van der Waals surface area contributed by atoms with Gasteiger partial charge in [-0.05, 0) is 26.0 Å². The average molecular weight is 327 g/mol. The first kappa shape index (κ1) is 15.5. The highest BCUT2D eigenvalue weighted by molar-refractivity contribution is 8.00. The van der Waals surface area contributed by atoms with Gasteiger partial charge in [0, 0.05) is 11.9 Å². The van der Waals surface area contributed by atoms with Gasteiger partial charge in [-0.15, -0.1) is 11.7 Å². The van der Waals surface area contributed by atoms with Crippen LogP contribution in [0.2, 0.25) is 0 Å². The van der Waals surface area contributed by atoms with Gasteiger partial charge in [-0.2, -0.15) is 4.52 Å². The van der Waals surface area contributed by atoms with Crippen LogP contribution in [0.4, 0.5) is 0 Å². The van der Waals surface area contributed by atoms with Gasteiger partial charge in [0.15, 0.2) is 10.8 Å². The van der Waals surface area contributed by atoms with Gasteiger partial charge < -0.3 is 5.32 Å². The second-order valence-corrected chi connectivity index (χ2v) is 6.41. The fourth-order valence-electron chi connectivity index (χ4n) is 2.24. The first-order valence-electron chi connectivity index (χ1n) is 7.27. The van der Waals surface area contributed by atoms with Crippen LogP contribution in [0.3, 0.4) is 0 Å². The number of aryl methyl sites for hydroxylation is 1. The van der Waals surface area contributed by atoms with E-state index in [1.807, 2.05) is 38.1 Å². The largest absolute Gasteiger partial charge is 0.352 e. The van der Waals surface area contributed by atoms with Gasteiger partial charge in [-0.25, -0.2) is 9.97 Å². The molecule has 23 heavy (non-hydrogen) atoms. The molecule has 0 fully saturated rings. The topological polar surface area (TPSA) is 72.2 Å². The number of benzene rings is 1. The highest BCUT2D eigenvalue weighted by atomic mass is 32.2. The summed E-state index contributed by atoms with van der Waals surface area (Å²) in [5, 5.41) is 8.51. The summed E-state index contributed by atoms with van der Waals surface area (Å²) in [6, 6.07) is 7.79. The minimum absolute atomic E-state index is 0.0603. The minimum Gasteiger partial charge on any atom is -0.352 e. The van der Waals surface area contributed by atoms with Crippen molar-refractivity contribution in [2.24, 2.45) is 0 Å². The Hall–Kier alpha value is -2.41. The Morgan fingerprint density at radius 3 is 3.00 bits per heavy atom. The predicted octanol–water partition coefficient (Wildman–Crippen LogP) is 2.37. The average Bonchev–Trinajstić information content (AvgIpc) is 2.94. The summed E-state index contributed by atoms with van der Waals surface area (Å²) >= 11 is 1.36. The number of rotatable bonds is 5. The van der Waals surface area contributed by atoms with Crippen LogP contribution in [0.25, 0.3) is 16.6 Å². The van der Waals surface area contributed by atoms with Crippen molar-refractivity contribution in [1.82, 2.24) is 24.9 Å². The maximum Gasteiger partial charge on any atom is 0.233 e. The third kappa shape index (κ3) is 3.05. The molecular formula is C16H17N5OS. The van der Waals surface area contributed by atoms with E-state index in [2.05, 4.69) is 27.0 Å². The molecule has 3 rings (SSSR count). The minimum atomic E-state index is -0.295. The second kappa shape index (κ2) is 6.37. The van der Waals surface area contributed by atoms with E-state index in [1.165, 1.54) is 11.8 Å². The number of amides is 1. The van der Waals surface area contributed by atoms with Crippen molar-refractivity contribution >= 4 is 34.2 Å². The zero-order valence-corrected chi connectivity index (χ0v) is 13.8. The lowest BCUT2D eigenvalue weighted by Crippen LogP contribution is -2.31. The van der Waals surface area contributed by atoms with Crippen LogP contribution in [-0.4, -0.2) is 37.3 Å². The molecule has 0 spiro atoms. The zero-order valence-electron chi connectivity index (χ0n) is 13.0. The lowest BCUT2D eigenvalue weighted by Gasteiger charge is -2.11. The molecule has 1 N–H and O–H groups in total. The fourth-order valence-corrected chi connectivity index (χ4v) is 3.12. The quantitative estimate of drug-likeness (QED) is 0.442. The van der Waals surface area contributed by atoms with Crippen LogP contribution in [-0.2, 0) is 4.79 Å². The molecule has 1 aromatic carbocycles. The molecule has 7 heteroatoms. The second-order valence-electron chi connectivity index (χ2n) is 5.10. The van der Waals surface area contributed by atoms with E-state index >= 15 is 0 Å². The molecule has 1 amide bonds. The number of carbonyl (C=O) groups is 1. The summed E-state index contributed by atoms with van der Waals surface area (Å²) in [4.78, 5) is 21.2. The molecule has 0 bridgehead atoms. The molecule has 2 heterocycles. The number of hydrogen-bond acceptors (Lipinski definition) is 5. The lowest BCUT2D eigenvalue weighted by atomic mass is 10.2. The van der Waals surface area contributed by atoms with E-state index in [0.717, 1.165) is 16.6 Å². The smallest absolute Gasteiger partial charge is 0.233 e. The zero-order chi connectivity index (χ0) is 16.4. The van der Waals surface area contributed by atoms with E-state index in [9.17, 15) is 4.79 Å². The van der Waals surface area contributed by atoms with Crippen molar-refractivity contribution in [1.29, 1.82) is 0 Å². The van der Waals surface area contributed by atoms with E-state index < -0.39 is 0 Å². The normalized spacial score (nSPS) is 12.4. The number of carbonyl (C=O) groups excluding carboxylic acids is 1. The molecule has 0 aliphatic carbocycles. The molecule has 2 aromatic heterocycles. The van der Waals surface area contributed by atoms with Gasteiger partial charge in [-0.1, -0.05) is 30.0 Å². The van der Waals surface area contributed by atoms with Crippen LogP contribution in [0.5, 0.6) is 0 Å². The Morgan fingerprint density at radius 2 is 2.22 bits per heavy atom. The maximum absolute atomic E-state index is 12.1. The third-order valence-corrected chi connectivity index (χ3v) is 4.37. The molecular weight excluding hydrogens is 310 g/mol. The van der Waals surface area contributed by atoms with Gasteiger partial charge >= 0.3 is 0 Å². The summed E-state index contributed by atoms with van der Waals surface area (Å²) < 4.78 is 1.71. The molecule has 0 radical (unpaired) electrons. The number of aromatic nitrogens is 4. The molecule has 3 aromatic rings. The molecule has 0 unspecified atom stereocenters. The highest BCUT2D eigenvalue weighted by Gasteiger charge is 2.19. The van der Waals surface area contributed by atoms with Crippen molar-refractivity contribution in [3.05, 3.63) is 42.7 Å². The molecule has 1 atom stereocenters.